The summed E-state index contributed by atoms with van der Waals surface area (Å²) in [6, 6.07) is 7.06. The topological polar surface area (TPSA) is 52.7 Å². The summed E-state index contributed by atoms with van der Waals surface area (Å²) in [5.41, 5.74) is -0.0519. The lowest BCUT2D eigenvalue weighted by Crippen LogP contribution is -2.54. The average molecular weight is 376 g/mol. The second kappa shape index (κ2) is 9.07. The van der Waals surface area contributed by atoms with Gasteiger partial charge in [-0.15, -0.1) is 6.42 Å². The lowest BCUT2D eigenvalue weighted by Gasteiger charge is -2.35. The van der Waals surface area contributed by atoms with E-state index in [1.54, 1.807) is 29.2 Å². The lowest BCUT2D eigenvalue weighted by molar-refractivity contribution is -0.124. The number of carbonyl (C=O) groups is 2. The van der Waals surface area contributed by atoms with Gasteiger partial charge >= 0.3 is 0 Å². The number of benzene rings is 1. The summed E-state index contributed by atoms with van der Waals surface area (Å²) in [7, 11) is 0. The van der Waals surface area contributed by atoms with Crippen LogP contribution in [0.5, 0.6) is 0 Å². The molecule has 2 amide bonds. The van der Waals surface area contributed by atoms with Crippen LogP contribution in [0.1, 0.15) is 37.0 Å². The molecule has 1 aliphatic rings. The van der Waals surface area contributed by atoms with Gasteiger partial charge in [0.1, 0.15) is 5.54 Å². The Morgan fingerprint density at radius 2 is 1.81 bits per heavy atom. The zero-order valence-corrected chi connectivity index (χ0v) is 16.2. The Kier molecular flexibility index (Phi) is 7.07. The van der Waals surface area contributed by atoms with Gasteiger partial charge in [0.05, 0.1) is 17.1 Å². The molecule has 5 nitrogen and oxygen atoms in total. The minimum absolute atomic E-state index is 0.0667. The van der Waals surface area contributed by atoms with Crippen LogP contribution in [0.15, 0.2) is 24.3 Å². The van der Waals surface area contributed by atoms with E-state index in [0.717, 1.165) is 0 Å². The molecule has 1 fully saturated rings. The maximum Gasteiger partial charge on any atom is 0.255 e. The number of carbonyl (C=O) groups excluding carboxylic acids is 2. The SMILES string of the molecule is C#CC(CC)(CC)NC(=O)CN1CCN(C(=O)c2ccccc2Cl)CC1. The van der Waals surface area contributed by atoms with Crippen molar-refractivity contribution in [1.29, 1.82) is 0 Å². The summed E-state index contributed by atoms with van der Waals surface area (Å²) in [5, 5.41) is 3.44. The Balaban J connectivity index is 1.87. The molecule has 140 valence electrons. The predicted molar refractivity (Wildman–Crippen MR) is 104 cm³/mol. The van der Waals surface area contributed by atoms with Gasteiger partial charge in [-0.2, -0.15) is 0 Å². The fraction of sp³-hybridized carbons (Fsp3) is 0.500. The largest absolute Gasteiger partial charge is 0.339 e. The van der Waals surface area contributed by atoms with E-state index in [2.05, 4.69) is 11.2 Å². The zero-order chi connectivity index (χ0) is 19.2. The molecule has 0 unspecified atom stereocenters. The molecule has 1 aromatic carbocycles. The van der Waals surface area contributed by atoms with Crippen molar-refractivity contribution in [3.05, 3.63) is 34.9 Å². The first kappa shape index (κ1) is 20.3. The molecule has 0 aliphatic carbocycles. The summed E-state index contributed by atoms with van der Waals surface area (Å²) < 4.78 is 0. The summed E-state index contributed by atoms with van der Waals surface area (Å²) >= 11 is 6.11. The third-order valence-corrected chi connectivity index (χ3v) is 5.32. The molecule has 0 saturated carbocycles. The number of hydrogen-bond acceptors (Lipinski definition) is 3. The first-order chi connectivity index (χ1) is 12.4. The molecule has 1 N–H and O–H groups in total. The van der Waals surface area contributed by atoms with E-state index in [1.807, 2.05) is 18.7 Å². The molecule has 1 aliphatic heterocycles. The number of nitrogens with one attached hydrogen (secondary N) is 1. The van der Waals surface area contributed by atoms with Crippen LogP contribution in [-0.2, 0) is 4.79 Å². The first-order valence-corrected chi connectivity index (χ1v) is 9.37. The van der Waals surface area contributed by atoms with Gasteiger partial charge in [-0.05, 0) is 25.0 Å². The van der Waals surface area contributed by atoms with Crippen molar-refractivity contribution in [2.75, 3.05) is 32.7 Å². The summed E-state index contributed by atoms with van der Waals surface area (Å²) in [6.07, 6.45) is 7.00. The molecule has 26 heavy (non-hydrogen) atoms. The maximum absolute atomic E-state index is 12.6. The number of terminal acetylenes is 1. The molecule has 6 heteroatoms. The molecule has 0 aromatic heterocycles. The fourth-order valence-corrected chi connectivity index (χ4v) is 3.31. The third kappa shape index (κ3) is 4.78. The van der Waals surface area contributed by atoms with Gasteiger partial charge in [-0.1, -0.05) is 43.5 Å². The molecule has 1 saturated heterocycles. The number of piperazine rings is 1. The molecule has 1 aromatic rings. The molecule has 0 atom stereocenters. The predicted octanol–water partition coefficient (Wildman–Crippen LogP) is 2.41. The number of nitrogens with zero attached hydrogens (tertiary/aromatic N) is 2. The molecule has 0 radical (unpaired) electrons. The minimum Gasteiger partial charge on any atom is -0.339 e. The zero-order valence-electron chi connectivity index (χ0n) is 15.4. The van der Waals surface area contributed by atoms with E-state index in [1.165, 1.54) is 0 Å². The van der Waals surface area contributed by atoms with Crippen molar-refractivity contribution in [3.63, 3.8) is 0 Å². The van der Waals surface area contributed by atoms with E-state index >= 15 is 0 Å². The molecule has 0 spiro atoms. The van der Waals surface area contributed by atoms with Gasteiger partial charge in [-0.3, -0.25) is 14.5 Å². The highest BCUT2D eigenvalue weighted by Gasteiger charge is 2.28. The van der Waals surface area contributed by atoms with Gasteiger partial charge in [0.2, 0.25) is 5.91 Å². The molecular weight excluding hydrogens is 350 g/mol. The highest BCUT2D eigenvalue weighted by atomic mass is 35.5. The van der Waals surface area contributed by atoms with E-state index in [4.69, 9.17) is 18.0 Å². The van der Waals surface area contributed by atoms with Crippen LogP contribution >= 0.6 is 11.6 Å². The number of rotatable bonds is 6. The van der Waals surface area contributed by atoms with Gasteiger partial charge < -0.3 is 10.2 Å². The van der Waals surface area contributed by atoms with E-state index < -0.39 is 5.54 Å². The average Bonchev–Trinajstić information content (AvgIpc) is 2.66. The summed E-state index contributed by atoms with van der Waals surface area (Å²) in [5.74, 6) is 2.57. The van der Waals surface area contributed by atoms with Gasteiger partial charge in [0.15, 0.2) is 0 Å². The minimum atomic E-state index is -0.571. The Bertz CT molecular complexity index is 687. The molecule has 0 bridgehead atoms. The Morgan fingerprint density at radius 1 is 1.19 bits per heavy atom. The molecule has 1 heterocycles. The van der Waals surface area contributed by atoms with Crippen molar-refractivity contribution < 1.29 is 9.59 Å². The highest BCUT2D eigenvalue weighted by Crippen LogP contribution is 2.18. The van der Waals surface area contributed by atoms with Gasteiger partial charge in [0.25, 0.3) is 5.91 Å². The van der Waals surface area contributed by atoms with Crippen LogP contribution in [-0.4, -0.2) is 59.9 Å². The van der Waals surface area contributed by atoms with E-state index in [9.17, 15) is 9.59 Å². The van der Waals surface area contributed by atoms with Gasteiger partial charge in [0, 0.05) is 26.2 Å². The van der Waals surface area contributed by atoms with Crippen molar-refractivity contribution in [3.8, 4) is 12.3 Å². The number of amides is 2. The van der Waals surface area contributed by atoms with Crippen molar-refractivity contribution in [1.82, 2.24) is 15.1 Å². The van der Waals surface area contributed by atoms with Crippen LogP contribution < -0.4 is 5.32 Å². The summed E-state index contributed by atoms with van der Waals surface area (Å²) in [6.45, 7) is 6.66. The lowest BCUT2D eigenvalue weighted by atomic mass is 9.94. The van der Waals surface area contributed by atoms with E-state index in [0.29, 0.717) is 49.6 Å². The Labute approximate surface area is 160 Å². The maximum atomic E-state index is 12.6. The standard InChI is InChI=1S/C20H26ClN3O2/c1-4-20(5-2,6-3)22-18(25)15-23-11-13-24(14-12-23)19(26)16-9-7-8-10-17(16)21/h1,7-10H,5-6,11-15H2,2-3H3,(H,22,25). The monoisotopic (exact) mass is 375 g/mol. The third-order valence-electron chi connectivity index (χ3n) is 4.99. The van der Waals surface area contributed by atoms with Crippen molar-refractivity contribution >= 4 is 23.4 Å². The van der Waals surface area contributed by atoms with Crippen LogP contribution in [0.25, 0.3) is 0 Å². The van der Waals surface area contributed by atoms with Crippen LogP contribution in [0.3, 0.4) is 0 Å². The first-order valence-electron chi connectivity index (χ1n) is 8.99. The Hall–Kier alpha value is -2.03. The summed E-state index contributed by atoms with van der Waals surface area (Å²) in [4.78, 5) is 28.7. The van der Waals surface area contributed by atoms with Crippen LogP contribution in [0.4, 0.5) is 0 Å². The van der Waals surface area contributed by atoms with Gasteiger partial charge in [-0.25, -0.2) is 0 Å². The second-order valence-corrected chi connectivity index (χ2v) is 6.94. The second-order valence-electron chi connectivity index (χ2n) is 6.53. The quantitative estimate of drug-likeness (QED) is 0.777. The number of halogens is 1. The van der Waals surface area contributed by atoms with Crippen molar-refractivity contribution in [2.24, 2.45) is 0 Å². The Morgan fingerprint density at radius 3 is 2.35 bits per heavy atom. The van der Waals surface area contributed by atoms with Crippen molar-refractivity contribution in [2.45, 2.75) is 32.2 Å². The number of hydrogen-bond donors (Lipinski definition) is 1. The molecular formula is C20H26ClN3O2. The normalized spacial score (nSPS) is 15.4. The van der Waals surface area contributed by atoms with E-state index in [-0.39, 0.29) is 18.4 Å². The fourth-order valence-electron chi connectivity index (χ4n) is 3.09. The highest BCUT2D eigenvalue weighted by molar-refractivity contribution is 6.33. The van der Waals surface area contributed by atoms with Crippen LogP contribution in [0, 0.1) is 12.3 Å². The smallest absolute Gasteiger partial charge is 0.255 e. The van der Waals surface area contributed by atoms with Crippen LogP contribution in [0.2, 0.25) is 5.02 Å². The molecule has 2 rings (SSSR count).